The first-order valence-electron chi connectivity index (χ1n) is 7.29. The van der Waals surface area contributed by atoms with E-state index in [1.807, 2.05) is 32.1 Å². The molecule has 0 aliphatic rings. The zero-order valence-electron chi connectivity index (χ0n) is 13.0. The average Bonchev–Trinajstić information content (AvgIpc) is 2.60. The Labute approximate surface area is 137 Å². The Hall–Kier alpha value is -3.64. The summed E-state index contributed by atoms with van der Waals surface area (Å²) in [7, 11) is 0. The Morgan fingerprint density at radius 1 is 0.792 bits per heavy atom. The molecule has 0 bridgehead atoms. The number of benzene rings is 1. The van der Waals surface area contributed by atoms with Crippen LogP contribution in [0.3, 0.4) is 0 Å². The third kappa shape index (κ3) is 1.87. The van der Waals surface area contributed by atoms with Crippen LogP contribution in [0.2, 0.25) is 0 Å². The molecular formula is C18H10N6. The summed E-state index contributed by atoms with van der Waals surface area (Å²) in [5, 5.41) is 20.1. The molecule has 0 unspecified atom stereocenters. The van der Waals surface area contributed by atoms with Crippen molar-refractivity contribution in [1.29, 1.82) is 10.5 Å². The van der Waals surface area contributed by atoms with E-state index in [2.05, 4.69) is 19.9 Å². The molecule has 6 nitrogen and oxygen atoms in total. The molecule has 0 saturated carbocycles. The van der Waals surface area contributed by atoms with Crippen LogP contribution >= 0.6 is 0 Å². The smallest absolute Gasteiger partial charge is 0.159 e. The first kappa shape index (κ1) is 14.0. The van der Waals surface area contributed by atoms with Crippen molar-refractivity contribution in [3.05, 3.63) is 47.0 Å². The van der Waals surface area contributed by atoms with E-state index in [4.69, 9.17) is 0 Å². The van der Waals surface area contributed by atoms with Crippen LogP contribution in [-0.2, 0) is 0 Å². The lowest BCUT2D eigenvalue weighted by molar-refractivity contribution is 1.19. The van der Waals surface area contributed by atoms with Crippen molar-refractivity contribution in [3.63, 3.8) is 0 Å². The van der Waals surface area contributed by atoms with Gasteiger partial charge >= 0.3 is 0 Å². The maximum absolute atomic E-state index is 9.29. The molecule has 3 heterocycles. The van der Waals surface area contributed by atoms with Crippen molar-refractivity contribution >= 4 is 32.8 Å². The fraction of sp³-hybridized carbons (Fsp3) is 0.111. The number of nitrogens with zero attached hydrogens (tertiary/aromatic N) is 6. The van der Waals surface area contributed by atoms with Crippen LogP contribution < -0.4 is 0 Å². The zero-order chi connectivity index (χ0) is 16.8. The molecule has 0 N–H and O–H groups in total. The predicted molar refractivity (Wildman–Crippen MR) is 89.0 cm³/mol. The van der Waals surface area contributed by atoms with E-state index in [1.165, 1.54) is 0 Å². The molecule has 1 aromatic carbocycles. The van der Waals surface area contributed by atoms with E-state index in [1.54, 1.807) is 18.5 Å². The van der Waals surface area contributed by atoms with Gasteiger partial charge in [0.2, 0.25) is 0 Å². The third-order valence-corrected chi connectivity index (χ3v) is 3.90. The molecule has 0 fully saturated rings. The monoisotopic (exact) mass is 310 g/mol. The Bertz CT molecular complexity index is 1150. The van der Waals surface area contributed by atoms with Crippen molar-refractivity contribution in [2.24, 2.45) is 0 Å². The Morgan fingerprint density at radius 2 is 1.50 bits per heavy atom. The SMILES string of the molecule is Cc1cnc2c(c1)c1nc(C)cnc1c1nc(C#N)c(C#N)cc21. The summed E-state index contributed by atoms with van der Waals surface area (Å²) in [4.78, 5) is 18.0. The molecule has 24 heavy (non-hydrogen) atoms. The minimum absolute atomic E-state index is 0.0835. The van der Waals surface area contributed by atoms with E-state index >= 15 is 0 Å². The second-order valence-electron chi connectivity index (χ2n) is 5.62. The summed E-state index contributed by atoms with van der Waals surface area (Å²) in [5.41, 5.74) is 4.67. The lowest BCUT2D eigenvalue weighted by Gasteiger charge is -2.09. The maximum atomic E-state index is 9.29. The van der Waals surface area contributed by atoms with Gasteiger partial charge in [-0.25, -0.2) is 9.97 Å². The van der Waals surface area contributed by atoms with Crippen LogP contribution in [-0.4, -0.2) is 19.9 Å². The van der Waals surface area contributed by atoms with Gasteiger partial charge in [-0.2, -0.15) is 10.5 Å². The first-order valence-corrected chi connectivity index (χ1v) is 7.29. The second-order valence-corrected chi connectivity index (χ2v) is 5.62. The van der Waals surface area contributed by atoms with Crippen LogP contribution in [0.25, 0.3) is 32.8 Å². The average molecular weight is 310 g/mol. The van der Waals surface area contributed by atoms with Crippen molar-refractivity contribution in [2.75, 3.05) is 0 Å². The number of rotatable bonds is 0. The Kier molecular flexibility index (Phi) is 2.88. The molecule has 0 aliphatic carbocycles. The molecule has 0 aliphatic heterocycles. The van der Waals surface area contributed by atoms with Crippen LogP contribution in [0, 0.1) is 36.5 Å². The predicted octanol–water partition coefficient (Wildman–Crippen LogP) is 3.09. The van der Waals surface area contributed by atoms with Gasteiger partial charge < -0.3 is 0 Å². The van der Waals surface area contributed by atoms with Gasteiger partial charge in [-0.1, -0.05) is 0 Å². The third-order valence-electron chi connectivity index (χ3n) is 3.90. The zero-order valence-corrected chi connectivity index (χ0v) is 13.0. The number of nitriles is 2. The van der Waals surface area contributed by atoms with Gasteiger partial charge in [-0.15, -0.1) is 0 Å². The van der Waals surface area contributed by atoms with Crippen molar-refractivity contribution < 1.29 is 0 Å². The lowest BCUT2D eigenvalue weighted by Crippen LogP contribution is -1.97. The fourth-order valence-corrected chi connectivity index (χ4v) is 2.85. The number of aromatic nitrogens is 4. The topological polar surface area (TPSA) is 99.1 Å². The molecular weight excluding hydrogens is 300 g/mol. The van der Waals surface area contributed by atoms with Gasteiger partial charge in [0.1, 0.15) is 28.7 Å². The normalized spacial score (nSPS) is 10.8. The second kappa shape index (κ2) is 4.94. The van der Waals surface area contributed by atoms with Crippen LogP contribution in [0.5, 0.6) is 0 Å². The summed E-state index contributed by atoms with van der Waals surface area (Å²) >= 11 is 0. The van der Waals surface area contributed by atoms with Crippen molar-refractivity contribution in [3.8, 4) is 12.1 Å². The summed E-state index contributed by atoms with van der Waals surface area (Å²) in [6.07, 6.45) is 3.43. The summed E-state index contributed by atoms with van der Waals surface area (Å²) in [6, 6.07) is 7.65. The summed E-state index contributed by atoms with van der Waals surface area (Å²) in [5.74, 6) is 0. The standard InChI is InChI=1S/C18H10N6/c1-9-3-12-15(21-7-9)13-4-11(5-19)14(6-20)24-17(13)18-16(12)23-10(2)8-22-18/h3-4,7-8H,1-2H3. The number of pyridine rings is 2. The highest BCUT2D eigenvalue weighted by Gasteiger charge is 2.16. The highest BCUT2D eigenvalue weighted by molar-refractivity contribution is 6.20. The number of hydrogen-bond acceptors (Lipinski definition) is 6. The molecule has 112 valence electrons. The minimum Gasteiger partial charge on any atom is -0.255 e. The van der Waals surface area contributed by atoms with E-state index in [9.17, 15) is 10.5 Å². The molecule has 0 spiro atoms. The summed E-state index contributed by atoms with van der Waals surface area (Å²) < 4.78 is 0. The van der Waals surface area contributed by atoms with Crippen LogP contribution in [0.1, 0.15) is 22.5 Å². The molecule has 4 rings (SSSR count). The van der Waals surface area contributed by atoms with Gasteiger partial charge in [-0.3, -0.25) is 9.97 Å². The van der Waals surface area contributed by atoms with Crippen molar-refractivity contribution in [2.45, 2.75) is 13.8 Å². The van der Waals surface area contributed by atoms with E-state index in [0.29, 0.717) is 27.5 Å². The molecule has 0 atom stereocenters. The molecule has 0 radical (unpaired) electrons. The van der Waals surface area contributed by atoms with Crippen molar-refractivity contribution in [1.82, 2.24) is 19.9 Å². The lowest BCUT2D eigenvalue weighted by atomic mass is 10.0. The minimum atomic E-state index is 0.0835. The van der Waals surface area contributed by atoms with Gasteiger partial charge in [-0.05, 0) is 31.5 Å². The number of hydrogen-bond donors (Lipinski definition) is 0. The molecule has 3 aromatic heterocycles. The van der Waals surface area contributed by atoms with E-state index in [-0.39, 0.29) is 11.3 Å². The van der Waals surface area contributed by atoms with E-state index < -0.39 is 0 Å². The Balaban J connectivity index is 2.37. The number of fused-ring (bicyclic) bond motifs is 6. The van der Waals surface area contributed by atoms with Gasteiger partial charge in [0.15, 0.2) is 5.69 Å². The molecule has 0 amide bonds. The fourth-order valence-electron chi connectivity index (χ4n) is 2.85. The quantitative estimate of drug-likeness (QED) is 0.463. The Morgan fingerprint density at radius 3 is 2.25 bits per heavy atom. The van der Waals surface area contributed by atoms with Gasteiger partial charge in [0, 0.05) is 23.2 Å². The highest BCUT2D eigenvalue weighted by atomic mass is 14.8. The van der Waals surface area contributed by atoms with Crippen LogP contribution in [0.4, 0.5) is 0 Å². The molecule has 4 aromatic rings. The van der Waals surface area contributed by atoms with Crippen LogP contribution in [0.15, 0.2) is 24.5 Å². The first-order chi connectivity index (χ1) is 11.6. The van der Waals surface area contributed by atoms with Gasteiger partial charge in [0.25, 0.3) is 0 Å². The maximum Gasteiger partial charge on any atom is 0.159 e. The van der Waals surface area contributed by atoms with E-state index in [0.717, 1.165) is 16.6 Å². The largest absolute Gasteiger partial charge is 0.255 e. The number of aryl methyl sites for hydroxylation is 2. The summed E-state index contributed by atoms with van der Waals surface area (Å²) in [6.45, 7) is 3.84. The van der Waals surface area contributed by atoms with Gasteiger partial charge in [0.05, 0.1) is 16.8 Å². The molecule has 6 heteroatoms. The highest BCUT2D eigenvalue weighted by Crippen LogP contribution is 2.32. The molecule has 0 saturated heterocycles.